The SMILES string of the molecule is O=C(Cn1ccc2cc(Br)ccc21)c1ccc(Cl)c(Cl)c1. The zero-order valence-electron chi connectivity index (χ0n) is 10.8. The molecule has 5 heteroatoms. The zero-order valence-corrected chi connectivity index (χ0v) is 13.9. The Morgan fingerprint density at radius 2 is 1.86 bits per heavy atom. The van der Waals surface area contributed by atoms with Crippen LogP contribution in [-0.4, -0.2) is 10.4 Å². The van der Waals surface area contributed by atoms with Crippen LogP contribution in [0.2, 0.25) is 10.0 Å². The predicted molar refractivity (Wildman–Crippen MR) is 90.4 cm³/mol. The second-order valence-corrected chi connectivity index (χ2v) is 6.43. The molecule has 1 aromatic heterocycles. The van der Waals surface area contributed by atoms with Gasteiger partial charge in [-0.25, -0.2) is 0 Å². The molecular formula is C16H10BrCl2NO. The summed E-state index contributed by atoms with van der Waals surface area (Å²) in [5, 5.41) is 1.93. The molecule has 0 N–H and O–H groups in total. The van der Waals surface area contributed by atoms with Gasteiger partial charge in [0.05, 0.1) is 16.6 Å². The minimum Gasteiger partial charge on any atom is -0.340 e. The van der Waals surface area contributed by atoms with E-state index in [1.807, 2.05) is 35.0 Å². The Balaban J connectivity index is 1.91. The van der Waals surface area contributed by atoms with E-state index in [9.17, 15) is 4.79 Å². The quantitative estimate of drug-likeness (QED) is 0.541. The number of rotatable bonds is 3. The average Bonchev–Trinajstić information content (AvgIpc) is 2.84. The lowest BCUT2D eigenvalue weighted by atomic mass is 10.1. The molecule has 3 rings (SSSR count). The normalized spacial score (nSPS) is 11.0. The van der Waals surface area contributed by atoms with Crippen LogP contribution in [0, 0.1) is 0 Å². The largest absolute Gasteiger partial charge is 0.340 e. The Bertz CT molecular complexity index is 841. The van der Waals surface area contributed by atoms with Crippen molar-refractivity contribution in [3.8, 4) is 0 Å². The van der Waals surface area contributed by atoms with Gasteiger partial charge < -0.3 is 4.57 Å². The molecule has 0 fully saturated rings. The van der Waals surface area contributed by atoms with Crippen LogP contribution >= 0.6 is 39.1 Å². The summed E-state index contributed by atoms with van der Waals surface area (Å²) in [6, 6.07) is 12.9. The third-order valence-electron chi connectivity index (χ3n) is 3.29. The number of ketones is 1. The molecule has 0 aliphatic heterocycles. The van der Waals surface area contributed by atoms with Gasteiger partial charge in [0.1, 0.15) is 0 Å². The minimum atomic E-state index is -0.00557. The van der Waals surface area contributed by atoms with Crippen LogP contribution < -0.4 is 0 Å². The summed E-state index contributed by atoms with van der Waals surface area (Å²) < 4.78 is 2.94. The number of hydrogen-bond donors (Lipinski definition) is 0. The topological polar surface area (TPSA) is 22.0 Å². The van der Waals surface area contributed by atoms with Crippen LogP contribution in [-0.2, 0) is 6.54 Å². The highest BCUT2D eigenvalue weighted by molar-refractivity contribution is 9.10. The van der Waals surface area contributed by atoms with Crippen molar-refractivity contribution in [2.24, 2.45) is 0 Å². The van der Waals surface area contributed by atoms with Gasteiger partial charge in [-0.3, -0.25) is 4.79 Å². The fourth-order valence-electron chi connectivity index (χ4n) is 2.22. The molecule has 21 heavy (non-hydrogen) atoms. The molecule has 0 atom stereocenters. The van der Waals surface area contributed by atoms with Crippen LogP contribution in [0.5, 0.6) is 0 Å². The van der Waals surface area contributed by atoms with Crippen molar-refractivity contribution in [1.82, 2.24) is 4.57 Å². The van der Waals surface area contributed by atoms with Crippen molar-refractivity contribution < 1.29 is 4.79 Å². The summed E-state index contributed by atoms with van der Waals surface area (Å²) >= 11 is 15.3. The number of carbonyl (C=O) groups is 1. The van der Waals surface area contributed by atoms with Crippen LogP contribution in [0.3, 0.4) is 0 Å². The third-order valence-corrected chi connectivity index (χ3v) is 4.52. The molecule has 0 saturated carbocycles. The molecule has 2 nitrogen and oxygen atoms in total. The van der Waals surface area contributed by atoms with Crippen LogP contribution in [0.25, 0.3) is 10.9 Å². The fraction of sp³-hybridized carbons (Fsp3) is 0.0625. The maximum atomic E-state index is 12.4. The molecule has 0 aliphatic carbocycles. The number of Topliss-reactive ketones (excluding diaryl/α,β-unsaturated/α-hetero) is 1. The highest BCUT2D eigenvalue weighted by Gasteiger charge is 2.10. The number of nitrogens with zero attached hydrogens (tertiary/aromatic N) is 1. The van der Waals surface area contributed by atoms with Gasteiger partial charge in [-0.2, -0.15) is 0 Å². The first-order valence-electron chi connectivity index (χ1n) is 6.27. The Hall–Kier alpha value is -1.29. The van der Waals surface area contributed by atoms with E-state index in [4.69, 9.17) is 23.2 Å². The van der Waals surface area contributed by atoms with Gasteiger partial charge in [0.25, 0.3) is 0 Å². The molecule has 0 saturated heterocycles. The lowest BCUT2D eigenvalue weighted by Crippen LogP contribution is -2.09. The Labute approximate surface area is 140 Å². The van der Waals surface area contributed by atoms with Crippen LogP contribution in [0.1, 0.15) is 10.4 Å². The first-order chi connectivity index (χ1) is 10.0. The highest BCUT2D eigenvalue weighted by atomic mass is 79.9. The fourth-order valence-corrected chi connectivity index (χ4v) is 2.90. The van der Waals surface area contributed by atoms with E-state index in [1.165, 1.54) is 0 Å². The molecule has 0 radical (unpaired) electrons. The Morgan fingerprint density at radius 1 is 1.05 bits per heavy atom. The monoisotopic (exact) mass is 381 g/mol. The van der Waals surface area contributed by atoms with E-state index < -0.39 is 0 Å². The molecule has 0 bridgehead atoms. The van der Waals surface area contributed by atoms with E-state index >= 15 is 0 Å². The number of aromatic nitrogens is 1. The molecule has 2 aromatic carbocycles. The summed E-state index contributed by atoms with van der Waals surface area (Å²) in [4.78, 5) is 12.4. The van der Waals surface area contributed by atoms with Crippen LogP contribution in [0.4, 0.5) is 0 Å². The van der Waals surface area contributed by atoms with Crippen molar-refractivity contribution in [1.29, 1.82) is 0 Å². The molecule has 3 aromatic rings. The molecule has 1 heterocycles. The Kier molecular flexibility index (Phi) is 4.07. The Morgan fingerprint density at radius 3 is 2.62 bits per heavy atom. The van der Waals surface area contributed by atoms with Gasteiger partial charge in [-0.1, -0.05) is 39.1 Å². The minimum absolute atomic E-state index is 0.00557. The summed E-state index contributed by atoms with van der Waals surface area (Å²) in [6.07, 6.45) is 1.91. The number of benzene rings is 2. The first kappa shape index (κ1) is 14.6. The first-order valence-corrected chi connectivity index (χ1v) is 7.82. The molecule has 0 spiro atoms. The van der Waals surface area contributed by atoms with Gasteiger partial charge >= 0.3 is 0 Å². The standard InChI is InChI=1S/C16H10BrCl2NO/c17-12-2-4-15-10(7-12)5-6-20(15)9-16(21)11-1-3-13(18)14(19)8-11/h1-8H,9H2. The molecule has 0 amide bonds. The van der Waals surface area contributed by atoms with Crippen molar-refractivity contribution >= 4 is 55.8 Å². The van der Waals surface area contributed by atoms with Crippen LogP contribution in [0.15, 0.2) is 53.1 Å². The third kappa shape index (κ3) is 3.00. The number of fused-ring (bicyclic) bond motifs is 1. The van der Waals surface area contributed by atoms with E-state index in [0.29, 0.717) is 15.6 Å². The van der Waals surface area contributed by atoms with E-state index in [2.05, 4.69) is 15.9 Å². The number of carbonyl (C=O) groups excluding carboxylic acids is 1. The highest BCUT2D eigenvalue weighted by Crippen LogP contribution is 2.24. The summed E-state index contributed by atoms with van der Waals surface area (Å²) in [5.41, 5.74) is 1.58. The van der Waals surface area contributed by atoms with E-state index in [-0.39, 0.29) is 12.3 Å². The summed E-state index contributed by atoms with van der Waals surface area (Å²) in [5.74, 6) is -0.00557. The predicted octanol–water partition coefficient (Wildman–Crippen LogP) is 5.59. The van der Waals surface area contributed by atoms with Gasteiger partial charge in [-0.15, -0.1) is 0 Å². The zero-order chi connectivity index (χ0) is 15.0. The van der Waals surface area contributed by atoms with Gasteiger partial charge in [0, 0.05) is 27.1 Å². The molecule has 0 aliphatic rings. The average molecular weight is 383 g/mol. The molecule has 106 valence electrons. The van der Waals surface area contributed by atoms with Crippen molar-refractivity contribution in [3.63, 3.8) is 0 Å². The number of halogens is 3. The summed E-state index contributed by atoms with van der Waals surface area (Å²) in [6.45, 7) is 0.267. The lowest BCUT2D eigenvalue weighted by molar-refractivity contribution is 0.0973. The van der Waals surface area contributed by atoms with Gasteiger partial charge in [0.15, 0.2) is 5.78 Å². The van der Waals surface area contributed by atoms with E-state index in [1.54, 1.807) is 18.2 Å². The van der Waals surface area contributed by atoms with Gasteiger partial charge in [0.2, 0.25) is 0 Å². The number of hydrogen-bond acceptors (Lipinski definition) is 1. The van der Waals surface area contributed by atoms with Crippen molar-refractivity contribution in [2.45, 2.75) is 6.54 Å². The molecular weight excluding hydrogens is 373 g/mol. The maximum absolute atomic E-state index is 12.4. The maximum Gasteiger partial charge on any atom is 0.182 e. The second kappa shape index (κ2) is 5.84. The smallest absolute Gasteiger partial charge is 0.182 e. The summed E-state index contributed by atoms with van der Waals surface area (Å²) in [7, 11) is 0. The van der Waals surface area contributed by atoms with Crippen molar-refractivity contribution in [3.05, 3.63) is 68.7 Å². The van der Waals surface area contributed by atoms with Crippen molar-refractivity contribution in [2.75, 3.05) is 0 Å². The van der Waals surface area contributed by atoms with E-state index in [0.717, 1.165) is 15.4 Å². The van der Waals surface area contributed by atoms with Gasteiger partial charge in [-0.05, 0) is 42.5 Å². The lowest BCUT2D eigenvalue weighted by Gasteiger charge is -2.06. The molecule has 0 unspecified atom stereocenters. The second-order valence-electron chi connectivity index (χ2n) is 4.70.